The van der Waals surface area contributed by atoms with E-state index in [0.29, 0.717) is 17.0 Å². The van der Waals surface area contributed by atoms with Crippen LogP contribution in [-0.4, -0.2) is 46.5 Å². The number of phenols is 1. The highest BCUT2D eigenvalue weighted by atomic mass is 32.2. The van der Waals surface area contributed by atoms with E-state index in [1.165, 1.54) is 36.4 Å². The van der Waals surface area contributed by atoms with Crippen LogP contribution in [0.4, 0.5) is 0 Å². The number of phenolic OH excluding ortho intramolecular Hbond substituents is 1. The van der Waals surface area contributed by atoms with Gasteiger partial charge in [-0.1, -0.05) is 19.3 Å². The van der Waals surface area contributed by atoms with Crippen LogP contribution >= 0.6 is 11.8 Å². The third-order valence-corrected chi connectivity index (χ3v) is 6.05. The van der Waals surface area contributed by atoms with E-state index >= 15 is 0 Å². The van der Waals surface area contributed by atoms with Crippen LogP contribution in [0.15, 0.2) is 33.5 Å². The lowest BCUT2D eigenvalue weighted by Crippen LogP contribution is -2.39. The first kappa shape index (κ1) is 21.2. The molecule has 8 heteroatoms. The number of rotatable bonds is 7. The lowest BCUT2D eigenvalue weighted by atomic mass is 9.94. The van der Waals surface area contributed by atoms with Crippen LogP contribution in [0.1, 0.15) is 37.7 Å². The molecule has 1 fully saturated rings. The number of amides is 1. The van der Waals surface area contributed by atoms with Crippen LogP contribution in [0, 0.1) is 0 Å². The molecule has 29 heavy (non-hydrogen) atoms. The molecule has 0 aliphatic heterocycles. The van der Waals surface area contributed by atoms with Gasteiger partial charge < -0.3 is 19.2 Å². The number of carbonyl (C=O) groups is 2. The largest absolute Gasteiger partial charge is 0.508 e. The first-order valence-corrected chi connectivity index (χ1v) is 10.8. The molecule has 0 spiro atoms. The van der Waals surface area contributed by atoms with Gasteiger partial charge in [0.1, 0.15) is 17.9 Å². The molecule has 7 nitrogen and oxygen atoms in total. The number of hydrogen-bond donors (Lipinski definition) is 1. The fourth-order valence-corrected chi connectivity index (χ4v) is 4.26. The number of ether oxygens (including phenoxy) is 1. The van der Waals surface area contributed by atoms with Crippen molar-refractivity contribution in [1.82, 2.24) is 4.90 Å². The molecule has 1 N–H and O–H groups in total. The maximum absolute atomic E-state index is 12.3. The van der Waals surface area contributed by atoms with E-state index in [1.54, 1.807) is 6.07 Å². The topological polar surface area (TPSA) is 97.0 Å². The van der Waals surface area contributed by atoms with Crippen molar-refractivity contribution in [2.75, 3.05) is 18.6 Å². The van der Waals surface area contributed by atoms with E-state index in [0.717, 1.165) is 25.7 Å². The van der Waals surface area contributed by atoms with Crippen molar-refractivity contribution >= 4 is 34.6 Å². The summed E-state index contributed by atoms with van der Waals surface area (Å²) in [5.74, 6) is -0.151. The van der Waals surface area contributed by atoms with Crippen LogP contribution in [0.5, 0.6) is 5.75 Å². The number of hydrogen-bond acceptors (Lipinski definition) is 7. The first-order chi connectivity index (χ1) is 13.9. The minimum Gasteiger partial charge on any atom is -0.508 e. The van der Waals surface area contributed by atoms with Crippen LogP contribution in [0.3, 0.4) is 0 Å². The second-order valence-corrected chi connectivity index (χ2v) is 8.21. The maximum Gasteiger partial charge on any atom is 0.336 e. The molecule has 0 radical (unpaired) electrons. The Labute approximate surface area is 173 Å². The Bertz CT molecular complexity index is 934. The van der Waals surface area contributed by atoms with E-state index < -0.39 is 11.6 Å². The Balaban J connectivity index is 1.47. The fraction of sp³-hybridized carbons (Fsp3) is 0.476. The normalized spacial score (nSPS) is 14.7. The molecular weight excluding hydrogens is 394 g/mol. The molecule has 1 aliphatic rings. The van der Waals surface area contributed by atoms with Gasteiger partial charge >= 0.3 is 11.6 Å². The quantitative estimate of drug-likeness (QED) is 0.544. The van der Waals surface area contributed by atoms with E-state index in [-0.39, 0.29) is 35.4 Å². The van der Waals surface area contributed by atoms with Crippen molar-refractivity contribution in [1.29, 1.82) is 0 Å². The number of benzene rings is 1. The van der Waals surface area contributed by atoms with Crippen LogP contribution in [-0.2, 0) is 20.9 Å². The molecule has 1 aliphatic carbocycles. The summed E-state index contributed by atoms with van der Waals surface area (Å²) in [6.45, 7) is -0.0812. The molecule has 1 heterocycles. The van der Waals surface area contributed by atoms with Crippen LogP contribution in [0.2, 0.25) is 0 Å². The summed E-state index contributed by atoms with van der Waals surface area (Å²) in [5, 5.41) is 10.1. The summed E-state index contributed by atoms with van der Waals surface area (Å²) >= 11 is 1.23. The molecule has 3 rings (SSSR count). The minimum atomic E-state index is -0.583. The van der Waals surface area contributed by atoms with E-state index in [4.69, 9.17) is 9.15 Å². The zero-order valence-electron chi connectivity index (χ0n) is 16.4. The predicted molar refractivity (Wildman–Crippen MR) is 111 cm³/mol. The summed E-state index contributed by atoms with van der Waals surface area (Å²) in [5.41, 5.74) is 0.150. The smallest absolute Gasteiger partial charge is 0.336 e. The Morgan fingerprint density at radius 1 is 1.21 bits per heavy atom. The van der Waals surface area contributed by atoms with Crippen molar-refractivity contribution in [3.8, 4) is 5.75 Å². The fourth-order valence-electron chi connectivity index (χ4n) is 3.53. The van der Waals surface area contributed by atoms with E-state index in [2.05, 4.69) is 0 Å². The summed E-state index contributed by atoms with van der Waals surface area (Å²) in [6.07, 6.45) is 5.65. The van der Waals surface area contributed by atoms with Crippen molar-refractivity contribution in [2.24, 2.45) is 0 Å². The number of fused-ring (bicyclic) bond motifs is 1. The SMILES string of the molecule is CN(C(=O)CSCC(=O)OCc1cc(=O)oc2cc(O)ccc12)C1CCCCC1. The summed E-state index contributed by atoms with van der Waals surface area (Å²) in [7, 11) is 1.83. The Kier molecular flexibility index (Phi) is 7.19. The summed E-state index contributed by atoms with van der Waals surface area (Å²) < 4.78 is 10.3. The third-order valence-electron chi connectivity index (χ3n) is 5.16. The lowest BCUT2D eigenvalue weighted by Gasteiger charge is -2.31. The highest BCUT2D eigenvalue weighted by Crippen LogP contribution is 2.23. The molecule has 0 unspecified atom stereocenters. The van der Waals surface area contributed by atoms with Gasteiger partial charge in [-0.15, -0.1) is 11.8 Å². The van der Waals surface area contributed by atoms with Crippen LogP contribution in [0.25, 0.3) is 11.0 Å². The highest BCUT2D eigenvalue weighted by Gasteiger charge is 2.22. The van der Waals surface area contributed by atoms with E-state index in [1.807, 2.05) is 11.9 Å². The van der Waals surface area contributed by atoms with Gasteiger partial charge in [-0.05, 0) is 25.0 Å². The second kappa shape index (κ2) is 9.82. The van der Waals surface area contributed by atoms with Gasteiger partial charge in [-0.3, -0.25) is 9.59 Å². The molecular formula is C21H25NO6S. The highest BCUT2D eigenvalue weighted by molar-refractivity contribution is 8.00. The van der Waals surface area contributed by atoms with Gasteiger partial charge in [0, 0.05) is 36.2 Å². The molecule has 1 saturated carbocycles. The monoisotopic (exact) mass is 419 g/mol. The van der Waals surface area contributed by atoms with Gasteiger partial charge in [0.25, 0.3) is 0 Å². The molecule has 1 aromatic carbocycles. The Morgan fingerprint density at radius 2 is 1.97 bits per heavy atom. The van der Waals surface area contributed by atoms with E-state index in [9.17, 15) is 19.5 Å². The average Bonchev–Trinajstić information content (AvgIpc) is 2.71. The second-order valence-electron chi connectivity index (χ2n) is 7.22. The van der Waals surface area contributed by atoms with Gasteiger partial charge in [0.15, 0.2) is 0 Å². The van der Waals surface area contributed by atoms with Gasteiger partial charge in [-0.2, -0.15) is 0 Å². The number of thioether (sulfide) groups is 1. The summed E-state index contributed by atoms with van der Waals surface area (Å²) in [4.78, 5) is 37.8. The standard InChI is InChI=1S/C21H25NO6S/c1-22(15-5-3-2-4-6-15)19(24)12-29-13-21(26)27-11-14-9-20(25)28-18-10-16(23)7-8-17(14)18/h7-10,15,23H,2-6,11-13H2,1H3. The molecule has 0 saturated heterocycles. The van der Waals surface area contributed by atoms with Crippen molar-refractivity contribution in [3.05, 3.63) is 40.2 Å². The first-order valence-electron chi connectivity index (χ1n) is 9.69. The number of nitrogens with zero attached hydrogens (tertiary/aromatic N) is 1. The maximum atomic E-state index is 12.3. The minimum absolute atomic E-state index is 0.0194. The molecule has 1 amide bonds. The number of aromatic hydroxyl groups is 1. The lowest BCUT2D eigenvalue weighted by molar-refractivity contribution is -0.141. The average molecular weight is 419 g/mol. The van der Waals surface area contributed by atoms with Crippen molar-refractivity contribution < 1.29 is 23.8 Å². The van der Waals surface area contributed by atoms with Crippen molar-refractivity contribution in [2.45, 2.75) is 44.8 Å². The number of carbonyl (C=O) groups excluding carboxylic acids is 2. The van der Waals surface area contributed by atoms with Gasteiger partial charge in [0.05, 0.1) is 11.5 Å². The Hall–Kier alpha value is -2.48. The molecule has 1 aromatic heterocycles. The van der Waals surface area contributed by atoms with Gasteiger partial charge in [0.2, 0.25) is 5.91 Å². The molecule has 0 atom stereocenters. The molecule has 0 bridgehead atoms. The zero-order chi connectivity index (χ0) is 20.8. The third kappa shape index (κ3) is 5.76. The predicted octanol–water partition coefficient (Wildman–Crippen LogP) is 3.07. The summed E-state index contributed by atoms with van der Waals surface area (Å²) in [6, 6.07) is 5.99. The molecule has 2 aromatic rings. The Morgan fingerprint density at radius 3 is 2.72 bits per heavy atom. The van der Waals surface area contributed by atoms with Crippen LogP contribution < -0.4 is 5.63 Å². The van der Waals surface area contributed by atoms with Crippen molar-refractivity contribution in [3.63, 3.8) is 0 Å². The molecule has 156 valence electrons. The number of esters is 1. The van der Waals surface area contributed by atoms with Gasteiger partial charge in [-0.25, -0.2) is 4.79 Å². The zero-order valence-corrected chi connectivity index (χ0v) is 17.2.